The van der Waals surface area contributed by atoms with Crippen molar-refractivity contribution in [3.63, 3.8) is 0 Å². The Morgan fingerprint density at radius 2 is 1.43 bits per heavy atom. The number of rotatable bonds is 4. The molecule has 0 spiro atoms. The molecule has 0 aliphatic carbocycles. The average molecular weight is 433 g/mol. The van der Waals surface area contributed by atoms with E-state index in [9.17, 15) is 9.59 Å². The molecule has 4 rings (SSSR count). The van der Waals surface area contributed by atoms with Crippen molar-refractivity contribution in [1.29, 1.82) is 0 Å². The smallest absolute Gasteiger partial charge is 0.282 e. The van der Waals surface area contributed by atoms with E-state index < -0.39 is 0 Å². The Labute approximate surface area is 171 Å². The van der Waals surface area contributed by atoms with Crippen molar-refractivity contribution >= 4 is 44.7 Å². The molecular weight excluding hydrogens is 416 g/mol. The Bertz CT molecular complexity index is 1090. The third-order valence-electron chi connectivity index (χ3n) is 4.64. The molecule has 1 aliphatic heterocycles. The maximum absolute atomic E-state index is 13.3. The summed E-state index contributed by atoms with van der Waals surface area (Å²) in [6.45, 7) is 1.96. The lowest BCUT2D eigenvalue weighted by atomic mass is 10.0. The van der Waals surface area contributed by atoms with Gasteiger partial charge in [0.1, 0.15) is 5.70 Å². The lowest BCUT2D eigenvalue weighted by molar-refractivity contribution is -0.120. The number of nitrogens with zero attached hydrogens (tertiary/aromatic N) is 1. The number of amides is 2. The van der Waals surface area contributed by atoms with Crippen LogP contribution in [0.25, 0.3) is 5.57 Å². The van der Waals surface area contributed by atoms with Crippen LogP contribution in [0.5, 0.6) is 0 Å². The van der Waals surface area contributed by atoms with Gasteiger partial charge in [-0.3, -0.25) is 9.59 Å². The quantitative estimate of drug-likeness (QED) is 0.579. The van der Waals surface area contributed by atoms with Gasteiger partial charge in [0, 0.05) is 10.2 Å². The van der Waals surface area contributed by atoms with Gasteiger partial charge < -0.3 is 5.32 Å². The molecule has 0 atom stereocenters. The lowest BCUT2D eigenvalue weighted by Gasteiger charge is -2.15. The van der Waals surface area contributed by atoms with Crippen LogP contribution in [0, 0.1) is 6.92 Å². The first-order valence-corrected chi connectivity index (χ1v) is 9.62. The van der Waals surface area contributed by atoms with Gasteiger partial charge in [0.15, 0.2) is 0 Å². The zero-order chi connectivity index (χ0) is 19.7. The molecule has 0 unspecified atom stereocenters. The highest BCUT2D eigenvalue weighted by molar-refractivity contribution is 9.10. The summed E-state index contributed by atoms with van der Waals surface area (Å²) in [5.74, 6) is -0.705. The first kappa shape index (κ1) is 18.2. The van der Waals surface area contributed by atoms with Crippen molar-refractivity contribution in [2.45, 2.75) is 6.92 Å². The summed E-state index contributed by atoms with van der Waals surface area (Å²) in [6, 6.07) is 24.1. The Balaban J connectivity index is 1.83. The molecule has 5 heteroatoms. The molecule has 0 bridgehead atoms. The van der Waals surface area contributed by atoms with E-state index in [1.807, 2.05) is 73.7 Å². The Morgan fingerprint density at radius 3 is 2.11 bits per heavy atom. The average Bonchev–Trinajstić information content (AvgIpc) is 2.95. The highest BCUT2D eigenvalue weighted by Crippen LogP contribution is 2.34. The minimum atomic E-state index is -0.366. The van der Waals surface area contributed by atoms with Gasteiger partial charge >= 0.3 is 0 Å². The van der Waals surface area contributed by atoms with Crippen molar-refractivity contribution in [3.05, 3.63) is 100 Å². The molecule has 1 N–H and O–H groups in total. The number of hydrogen-bond donors (Lipinski definition) is 1. The fourth-order valence-electron chi connectivity index (χ4n) is 3.19. The number of benzene rings is 3. The van der Waals surface area contributed by atoms with E-state index in [1.165, 1.54) is 4.90 Å². The number of nitrogens with one attached hydrogen (secondary N) is 1. The van der Waals surface area contributed by atoms with Gasteiger partial charge in [0.2, 0.25) is 0 Å². The van der Waals surface area contributed by atoms with Crippen LogP contribution in [0.15, 0.2) is 89.0 Å². The number of halogens is 1. The molecular formula is C23H17BrN2O2. The Morgan fingerprint density at radius 1 is 0.786 bits per heavy atom. The molecule has 1 heterocycles. The molecule has 0 saturated carbocycles. The molecule has 28 heavy (non-hydrogen) atoms. The standard InChI is InChI=1S/C23H17BrN2O2/c1-15-7-5-6-10-19(15)25-21-20(16-8-3-2-4-9-16)22(27)26(23(21)28)18-13-11-17(24)12-14-18/h2-14,25H,1H3. The van der Waals surface area contributed by atoms with Crippen LogP contribution in [-0.2, 0) is 9.59 Å². The second kappa shape index (κ2) is 7.44. The number of imide groups is 1. The van der Waals surface area contributed by atoms with E-state index in [0.29, 0.717) is 16.8 Å². The van der Waals surface area contributed by atoms with E-state index in [2.05, 4.69) is 21.2 Å². The second-order valence-corrected chi connectivity index (χ2v) is 7.39. The van der Waals surface area contributed by atoms with Gasteiger partial charge in [-0.1, -0.05) is 64.5 Å². The predicted octanol–water partition coefficient (Wildman–Crippen LogP) is 5.15. The molecule has 2 amide bonds. The minimum Gasteiger partial charge on any atom is -0.350 e. The van der Waals surface area contributed by atoms with E-state index in [0.717, 1.165) is 15.7 Å². The van der Waals surface area contributed by atoms with Gasteiger partial charge in [-0.05, 0) is 48.4 Å². The molecule has 1 aliphatic rings. The molecule has 3 aromatic carbocycles. The van der Waals surface area contributed by atoms with Crippen LogP contribution in [0.1, 0.15) is 11.1 Å². The van der Waals surface area contributed by atoms with Crippen molar-refractivity contribution < 1.29 is 9.59 Å². The second-order valence-electron chi connectivity index (χ2n) is 6.48. The first-order valence-electron chi connectivity index (χ1n) is 8.83. The molecule has 3 aromatic rings. The van der Waals surface area contributed by atoms with E-state index in [4.69, 9.17) is 0 Å². The summed E-state index contributed by atoms with van der Waals surface area (Å²) >= 11 is 3.39. The number of hydrogen-bond acceptors (Lipinski definition) is 3. The van der Waals surface area contributed by atoms with Crippen LogP contribution in [0.4, 0.5) is 11.4 Å². The summed E-state index contributed by atoms with van der Waals surface area (Å²) in [7, 11) is 0. The first-order chi connectivity index (χ1) is 13.6. The third kappa shape index (κ3) is 3.25. The van der Waals surface area contributed by atoms with E-state index in [-0.39, 0.29) is 17.5 Å². The number of carbonyl (C=O) groups is 2. The molecule has 0 radical (unpaired) electrons. The molecule has 138 valence electrons. The zero-order valence-corrected chi connectivity index (χ0v) is 16.7. The Hall–Kier alpha value is -3.18. The van der Waals surface area contributed by atoms with Crippen LogP contribution >= 0.6 is 15.9 Å². The highest BCUT2D eigenvalue weighted by atomic mass is 79.9. The van der Waals surface area contributed by atoms with Crippen molar-refractivity contribution in [2.75, 3.05) is 10.2 Å². The summed E-state index contributed by atoms with van der Waals surface area (Å²) in [5.41, 5.74) is 3.68. The summed E-state index contributed by atoms with van der Waals surface area (Å²) in [4.78, 5) is 27.8. The van der Waals surface area contributed by atoms with Crippen LogP contribution in [0.3, 0.4) is 0 Å². The summed E-state index contributed by atoms with van der Waals surface area (Å²) in [6.07, 6.45) is 0. The molecule has 0 aromatic heterocycles. The van der Waals surface area contributed by atoms with E-state index in [1.54, 1.807) is 12.1 Å². The number of anilines is 2. The zero-order valence-electron chi connectivity index (χ0n) is 15.1. The van der Waals surface area contributed by atoms with E-state index >= 15 is 0 Å². The van der Waals surface area contributed by atoms with Gasteiger partial charge in [-0.15, -0.1) is 0 Å². The van der Waals surface area contributed by atoms with Gasteiger partial charge in [0.25, 0.3) is 11.8 Å². The molecule has 0 saturated heterocycles. The van der Waals surface area contributed by atoms with Gasteiger partial charge in [-0.25, -0.2) is 4.90 Å². The van der Waals surface area contributed by atoms with Crippen molar-refractivity contribution in [3.8, 4) is 0 Å². The van der Waals surface area contributed by atoms with Crippen molar-refractivity contribution in [2.24, 2.45) is 0 Å². The number of para-hydroxylation sites is 1. The van der Waals surface area contributed by atoms with Crippen LogP contribution in [0.2, 0.25) is 0 Å². The topological polar surface area (TPSA) is 49.4 Å². The fourth-order valence-corrected chi connectivity index (χ4v) is 3.46. The minimum absolute atomic E-state index is 0.286. The predicted molar refractivity (Wildman–Crippen MR) is 115 cm³/mol. The largest absolute Gasteiger partial charge is 0.350 e. The number of carbonyl (C=O) groups excluding carboxylic acids is 2. The van der Waals surface area contributed by atoms with Gasteiger partial charge in [-0.2, -0.15) is 0 Å². The lowest BCUT2D eigenvalue weighted by Crippen LogP contribution is -2.32. The maximum Gasteiger partial charge on any atom is 0.282 e. The SMILES string of the molecule is Cc1ccccc1NC1=C(c2ccccc2)C(=O)N(c2ccc(Br)cc2)C1=O. The summed E-state index contributed by atoms with van der Waals surface area (Å²) in [5, 5.41) is 3.21. The van der Waals surface area contributed by atoms with Crippen LogP contribution in [-0.4, -0.2) is 11.8 Å². The maximum atomic E-state index is 13.3. The molecule has 4 nitrogen and oxygen atoms in total. The normalized spacial score (nSPS) is 14.0. The van der Waals surface area contributed by atoms with Crippen molar-refractivity contribution in [1.82, 2.24) is 0 Å². The van der Waals surface area contributed by atoms with Gasteiger partial charge in [0.05, 0.1) is 11.3 Å². The monoisotopic (exact) mass is 432 g/mol. The third-order valence-corrected chi connectivity index (χ3v) is 5.16. The highest BCUT2D eigenvalue weighted by Gasteiger charge is 2.40. The number of aryl methyl sites for hydroxylation is 1. The Kier molecular flexibility index (Phi) is 4.84. The van der Waals surface area contributed by atoms with Crippen LogP contribution < -0.4 is 10.2 Å². The molecule has 0 fully saturated rings. The fraction of sp³-hybridized carbons (Fsp3) is 0.0435. The summed E-state index contributed by atoms with van der Waals surface area (Å²) < 4.78 is 0.879.